The number of hydrogen-bond donors (Lipinski definition) is 1. The van der Waals surface area contributed by atoms with Crippen LogP contribution in [0.15, 0.2) is 0 Å². The third-order valence-electron chi connectivity index (χ3n) is 4.41. The van der Waals surface area contributed by atoms with Gasteiger partial charge in [0.25, 0.3) is 0 Å². The molecule has 4 heteroatoms. The van der Waals surface area contributed by atoms with Gasteiger partial charge in [0.1, 0.15) is 5.54 Å². The predicted molar refractivity (Wildman–Crippen MR) is 73.3 cm³/mol. The zero-order valence-corrected chi connectivity index (χ0v) is 11.8. The second kappa shape index (κ2) is 6.01. The Bertz CT molecular complexity index is 311. The highest BCUT2D eigenvalue weighted by atomic mass is 15.3. The van der Waals surface area contributed by atoms with Crippen molar-refractivity contribution >= 4 is 0 Å². The fourth-order valence-electron chi connectivity index (χ4n) is 3.21. The van der Waals surface area contributed by atoms with Crippen molar-refractivity contribution in [3.05, 3.63) is 0 Å². The average molecular weight is 250 g/mol. The second-order valence-corrected chi connectivity index (χ2v) is 5.86. The van der Waals surface area contributed by atoms with Crippen LogP contribution in [-0.2, 0) is 0 Å². The molecule has 0 radical (unpaired) electrons. The quantitative estimate of drug-likeness (QED) is 0.792. The summed E-state index contributed by atoms with van der Waals surface area (Å²) >= 11 is 0. The molecule has 2 aliphatic rings. The minimum atomic E-state index is -0.360. The van der Waals surface area contributed by atoms with E-state index in [0.717, 1.165) is 25.6 Å². The monoisotopic (exact) mass is 250 g/mol. The first kappa shape index (κ1) is 13.8. The number of nitrogens with one attached hydrogen (secondary N) is 1. The van der Waals surface area contributed by atoms with Gasteiger partial charge in [0.15, 0.2) is 0 Å². The molecule has 0 spiro atoms. The van der Waals surface area contributed by atoms with Crippen molar-refractivity contribution in [2.24, 2.45) is 0 Å². The van der Waals surface area contributed by atoms with Gasteiger partial charge in [-0.1, -0.05) is 6.92 Å². The molecule has 0 aromatic rings. The van der Waals surface area contributed by atoms with Crippen molar-refractivity contribution in [1.29, 1.82) is 5.26 Å². The zero-order valence-electron chi connectivity index (χ0n) is 11.8. The molecule has 4 nitrogen and oxygen atoms in total. The predicted octanol–water partition coefficient (Wildman–Crippen LogP) is 1.05. The van der Waals surface area contributed by atoms with E-state index < -0.39 is 0 Å². The van der Waals surface area contributed by atoms with Crippen molar-refractivity contribution in [1.82, 2.24) is 15.1 Å². The number of fused-ring (bicyclic) bond motifs is 1. The maximum atomic E-state index is 9.26. The summed E-state index contributed by atoms with van der Waals surface area (Å²) in [5, 5.41) is 12.6. The van der Waals surface area contributed by atoms with Gasteiger partial charge in [0.05, 0.1) is 6.07 Å². The van der Waals surface area contributed by atoms with Crippen LogP contribution in [-0.4, -0.2) is 60.6 Å². The third-order valence-corrected chi connectivity index (χ3v) is 4.41. The van der Waals surface area contributed by atoms with Crippen molar-refractivity contribution in [3.8, 4) is 6.07 Å². The van der Waals surface area contributed by atoms with E-state index in [1.807, 2.05) is 6.92 Å². The highest BCUT2D eigenvalue weighted by molar-refractivity contribution is 5.04. The van der Waals surface area contributed by atoms with Crippen LogP contribution in [0.4, 0.5) is 0 Å². The van der Waals surface area contributed by atoms with Gasteiger partial charge in [-0.2, -0.15) is 5.26 Å². The molecule has 1 N–H and O–H groups in total. The molecular weight excluding hydrogens is 224 g/mol. The molecule has 102 valence electrons. The zero-order chi connectivity index (χ0) is 13.0. The highest BCUT2D eigenvalue weighted by Crippen LogP contribution is 2.22. The Morgan fingerprint density at radius 3 is 2.94 bits per heavy atom. The topological polar surface area (TPSA) is 42.3 Å². The summed E-state index contributed by atoms with van der Waals surface area (Å²) in [6.07, 6.45) is 3.65. The maximum Gasteiger partial charge on any atom is 0.105 e. The SMILES string of the molecule is CCNC(C)(C#N)CCN1CCN2CCCC2C1. The van der Waals surface area contributed by atoms with Crippen molar-refractivity contribution < 1.29 is 0 Å². The molecule has 2 aliphatic heterocycles. The first-order valence-electron chi connectivity index (χ1n) is 7.29. The highest BCUT2D eigenvalue weighted by Gasteiger charge is 2.31. The molecule has 2 unspecified atom stereocenters. The van der Waals surface area contributed by atoms with E-state index in [4.69, 9.17) is 0 Å². The summed E-state index contributed by atoms with van der Waals surface area (Å²) < 4.78 is 0. The van der Waals surface area contributed by atoms with E-state index in [9.17, 15) is 5.26 Å². The number of nitriles is 1. The van der Waals surface area contributed by atoms with Gasteiger partial charge < -0.3 is 4.90 Å². The lowest BCUT2D eigenvalue weighted by atomic mass is 9.99. The molecule has 0 aromatic heterocycles. The molecule has 2 saturated heterocycles. The minimum absolute atomic E-state index is 0.360. The average Bonchev–Trinajstić information content (AvgIpc) is 2.84. The fourth-order valence-corrected chi connectivity index (χ4v) is 3.21. The number of nitrogens with zero attached hydrogens (tertiary/aromatic N) is 3. The van der Waals surface area contributed by atoms with E-state index in [-0.39, 0.29) is 5.54 Å². The van der Waals surface area contributed by atoms with E-state index in [0.29, 0.717) is 0 Å². The first-order valence-corrected chi connectivity index (χ1v) is 7.29. The lowest BCUT2D eigenvalue weighted by Gasteiger charge is -2.38. The molecule has 0 bridgehead atoms. The van der Waals surface area contributed by atoms with Crippen molar-refractivity contribution in [2.45, 2.75) is 44.7 Å². The van der Waals surface area contributed by atoms with Gasteiger partial charge in [-0.3, -0.25) is 10.2 Å². The van der Waals surface area contributed by atoms with E-state index in [1.165, 1.54) is 39.0 Å². The minimum Gasteiger partial charge on any atom is -0.300 e. The Kier molecular flexibility index (Phi) is 4.60. The standard InChI is InChI=1S/C14H26N4/c1-3-16-14(2,12-15)6-8-17-9-10-18-7-4-5-13(18)11-17/h13,16H,3-11H2,1-2H3. The number of hydrogen-bond acceptors (Lipinski definition) is 4. The Balaban J connectivity index is 1.78. The van der Waals surface area contributed by atoms with Crippen LogP contribution >= 0.6 is 0 Å². The van der Waals surface area contributed by atoms with Gasteiger partial charge in [-0.05, 0) is 39.3 Å². The third kappa shape index (κ3) is 3.23. The summed E-state index contributed by atoms with van der Waals surface area (Å²) in [4.78, 5) is 5.17. The number of rotatable bonds is 5. The Morgan fingerprint density at radius 2 is 2.22 bits per heavy atom. The van der Waals surface area contributed by atoms with Crippen LogP contribution in [0.2, 0.25) is 0 Å². The van der Waals surface area contributed by atoms with Gasteiger partial charge in [-0.15, -0.1) is 0 Å². The van der Waals surface area contributed by atoms with E-state index in [1.54, 1.807) is 0 Å². The van der Waals surface area contributed by atoms with Crippen LogP contribution in [0, 0.1) is 11.3 Å². The molecule has 0 amide bonds. The summed E-state index contributed by atoms with van der Waals surface area (Å²) in [6, 6.07) is 3.20. The largest absolute Gasteiger partial charge is 0.300 e. The van der Waals surface area contributed by atoms with E-state index in [2.05, 4.69) is 28.1 Å². The summed E-state index contributed by atoms with van der Waals surface area (Å²) in [5.41, 5.74) is -0.360. The Hall–Kier alpha value is -0.630. The summed E-state index contributed by atoms with van der Waals surface area (Å²) in [7, 11) is 0. The molecule has 0 saturated carbocycles. The lowest BCUT2D eigenvalue weighted by molar-refractivity contribution is 0.0991. The molecule has 18 heavy (non-hydrogen) atoms. The van der Waals surface area contributed by atoms with Crippen LogP contribution in [0.5, 0.6) is 0 Å². The Morgan fingerprint density at radius 1 is 1.39 bits per heavy atom. The molecule has 2 fully saturated rings. The number of piperazine rings is 1. The first-order chi connectivity index (χ1) is 8.67. The van der Waals surface area contributed by atoms with Crippen molar-refractivity contribution in [2.75, 3.05) is 39.3 Å². The molecule has 0 aromatic carbocycles. The Labute approximate surface area is 111 Å². The summed E-state index contributed by atoms with van der Waals surface area (Å²) in [5.74, 6) is 0. The molecule has 2 atom stereocenters. The van der Waals surface area contributed by atoms with Gasteiger partial charge in [0.2, 0.25) is 0 Å². The summed E-state index contributed by atoms with van der Waals surface area (Å²) in [6.45, 7) is 10.9. The fraction of sp³-hybridized carbons (Fsp3) is 0.929. The van der Waals surface area contributed by atoms with Crippen molar-refractivity contribution in [3.63, 3.8) is 0 Å². The molecule has 2 rings (SSSR count). The second-order valence-electron chi connectivity index (χ2n) is 5.86. The normalized spacial score (nSPS) is 28.6. The molecular formula is C14H26N4. The molecule has 2 heterocycles. The molecule has 0 aliphatic carbocycles. The van der Waals surface area contributed by atoms with E-state index >= 15 is 0 Å². The smallest absolute Gasteiger partial charge is 0.105 e. The van der Waals surface area contributed by atoms with Crippen LogP contribution in [0.1, 0.15) is 33.1 Å². The van der Waals surface area contributed by atoms with Gasteiger partial charge in [0, 0.05) is 32.2 Å². The van der Waals surface area contributed by atoms with Crippen LogP contribution in [0.3, 0.4) is 0 Å². The maximum absolute atomic E-state index is 9.26. The van der Waals surface area contributed by atoms with Gasteiger partial charge >= 0.3 is 0 Å². The van der Waals surface area contributed by atoms with Gasteiger partial charge in [-0.25, -0.2) is 0 Å². The lowest BCUT2D eigenvalue weighted by Crippen LogP contribution is -2.52. The van der Waals surface area contributed by atoms with Crippen LogP contribution < -0.4 is 5.32 Å². The van der Waals surface area contributed by atoms with Crippen LogP contribution in [0.25, 0.3) is 0 Å².